The number of ether oxygens (including phenoxy) is 2. The molecule has 0 radical (unpaired) electrons. The molecule has 0 atom stereocenters. The first-order valence-electron chi connectivity index (χ1n) is 9.07. The number of hydrogen-bond acceptors (Lipinski definition) is 4. The number of rotatable bonds is 5. The van der Waals surface area contributed by atoms with E-state index in [1.165, 1.54) is 0 Å². The monoisotopic (exact) mass is 362 g/mol. The number of nitrogens with one attached hydrogen (secondary N) is 2. The van der Waals surface area contributed by atoms with Gasteiger partial charge in [-0.25, -0.2) is 4.99 Å². The van der Waals surface area contributed by atoms with Crippen molar-refractivity contribution in [2.45, 2.75) is 20.0 Å². The Morgan fingerprint density at radius 1 is 1.07 bits per heavy atom. The lowest BCUT2D eigenvalue weighted by Crippen LogP contribution is -2.36. The number of fused-ring (bicyclic) bond motifs is 2. The first-order chi connectivity index (χ1) is 13.3. The molecule has 6 nitrogen and oxygen atoms in total. The Kier molecular flexibility index (Phi) is 5.05. The van der Waals surface area contributed by atoms with E-state index in [0.717, 1.165) is 46.0 Å². The average Bonchev–Trinajstić information content (AvgIpc) is 3.18. The Labute approximate surface area is 158 Å². The lowest BCUT2D eigenvalue weighted by Gasteiger charge is -2.12. The topological polar surface area (TPSA) is 67.8 Å². The predicted molar refractivity (Wildman–Crippen MR) is 106 cm³/mol. The highest BCUT2D eigenvalue weighted by Crippen LogP contribution is 2.32. The summed E-state index contributed by atoms with van der Waals surface area (Å²) in [5.41, 5.74) is 3.23. The Morgan fingerprint density at radius 3 is 2.89 bits per heavy atom. The van der Waals surface area contributed by atoms with Gasteiger partial charge in [-0.05, 0) is 36.2 Å². The SMILES string of the molecule is CCNC(=NCc1ccc2c(c1)OCO2)NCc1cccc2cccnc12. The van der Waals surface area contributed by atoms with Gasteiger partial charge in [0, 0.05) is 24.7 Å². The maximum atomic E-state index is 5.43. The molecular formula is C21H22N4O2. The van der Waals surface area contributed by atoms with Crippen molar-refractivity contribution in [3.63, 3.8) is 0 Å². The third-order valence-corrected chi connectivity index (χ3v) is 4.36. The molecular weight excluding hydrogens is 340 g/mol. The second-order valence-corrected chi connectivity index (χ2v) is 6.23. The molecule has 0 spiro atoms. The minimum atomic E-state index is 0.283. The third kappa shape index (κ3) is 3.95. The van der Waals surface area contributed by atoms with Gasteiger partial charge < -0.3 is 20.1 Å². The quantitative estimate of drug-likeness (QED) is 0.539. The van der Waals surface area contributed by atoms with Crippen LogP contribution < -0.4 is 20.1 Å². The van der Waals surface area contributed by atoms with E-state index in [0.29, 0.717) is 13.1 Å². The van der Waals surface area contributed by atoms with E-state index < -0.39 is 0 Å². The molecule has 6 heteroatoms. The molecule has 0 bridgehead atoms. The van der Waals surface area contributed by atoms with Crippen molar-refractivity contribution >= 4 is 16.9 Å². The largest absolute Gasteiger partial charge is 0.454 e. The van der Waals surface area contributed by atoms with E-state index in [9.17, 15) is 0 Å². The summed E-state index contributed by atoms with van der Waals surface area (Å²) in [6, 6.07) is 16.2. The highest BCUT2D eigenvalue weighted by Gasteiger charge is 2.13. The Balaban J connectivity index is 1.46. The minimum absolute atomic E-state index is 0.283. The minimum Gasteiger partial charge on any atom is -0.454 e. The fraction of sp³-hybridized carbons (Fsp3) is 0.238. The fourth-order valence-corrected chi connectivity index (χ4v) is 3.04. The highest BCUT2D eigenvalue weighted by atomic mass is 16.7. The number of para-hydroxylation sites is 1. The molecule has 0 unspecified atom stereocenters. The van der Waals surface area contributed by atoms with Crippen molar-refractivity contribution in [3.8, 4) is 11.5 Å². The molecule has 2 N–H and O–H groups in total. The normalized spacial score (nSPS) is 13.0. The third-order valence-electron chi connectivity index (χ3n) is 4.36. The molecule has 0 amide bonds. The van der Waals surface area contributed by atoms with Gasteiger partial charge in [-0.15, -0.1) is 0 Å². The zero-order chi connectivity index (χ0) is 18.5. The average molecular weight is 362 g/mol. The lowest BCUT2D eigenvalue weighted by molar-refractivity contribution is 0.174. The summed E-state index contributed by atoms with van der Waals surface area (Å²) >= 11 is 0. The molecule has 2 heterocycles. The molecule has 27 heavy (non-hydrogen) atoms. The van der Waals surface area contributed by atoms with Crippen LogP contribution in [0.25, 0.3) is 10.9 Å². The number of hydrogen-bond donors (Lipinski definition) is 2. The number of benzene rings is 2. The Bertz CT molecular complexity index is 966. The molecule has 1 aromatic heterocycles. The van der Waals surface area contributed by atoms with Gasteiger partial charge in [-0.3, -0.25) is 4.98 Å². The van der Waals surface area contributed by atoms with E-state index in [-0.39, 0.29) is 6.79 Å². The maximum absolute atomic E-state index is 5.43. The van der Waals surface area contributed by atoms with Crippen molar-refractivity contribution in [2.24, 2.45) is 4.99 Å². The van der Waals surface area contributed by atoms with Crippen molar-refractivity contribution < 1.29 is 9.47 Å². The Morgan fingerprint density at radius 2 is 1.96 bits per heavy atom. The first kappa shape index (κ1) is 17.1. The van der Waals surface area contributed by atoms with Crippen LogP contribution in [-0.4, -0.2) is 24.3 Å². The molecule has 1 aliphatic rings. The van der Waals surface area contributed by atoms with Gasteiger partial charge in [0.05, 0.1) is 12.1 Å². The summed E-state index contributed by atoms with van der Waals surface area (Å²) in [6.07, 6.45) is 1.82. The standard InChI is InChI=1S/C21H22N4O2/c1-2-22-21(24-12-15-8-9-18-19(11-15)27-14-26-18)25-13-17-6-3-5-16-7-4-10-23-20(16)17/h3-11H,2,12-14H2,1H3,(H2,22,24,25). The molecule has 0 aliphatic carbocycles. The van der Waals surface area contributed by atoms with Gasteiger partial charge >= 0.3 is 0 Å². The maximum Gasteiger partial charge on any atom is 0.231 e. The summed E-state index contributed by atoms with van der Waals surface area (Å²) < 4.78 is 10.8. The second kappa shape index (κ2) is 7.95. The van der Waals surface area contributed by atoms with Gasteiger partial charge in [0.2, 0.25) is 6.79 Å². The van der Waals surface area contributed by atoms with Gasteiger partial charge in [0.25, 0.3) is 0 Å². The smallest absolute Gasteiger partial charge is 0.231 e. The van der Waals surface area contributed by atoms with E-state index in [4.69, 9.17) is 9.47 Å². The van der Waals surface area contributed by atoms with E-state index in [1.54, 1.807) is 0 Å². The van der Waals surface area contributed by atoms with Gasteiger partial charge in [-0.2, -0.15) is 0 Å². The molecule has 0 saturated carbocycles. The summed E-state index contributed by atoms with van der Waals surface area (Å²) in [4.78, 5) is 9.19. The summed E-state index contributed by atoms with van der Waals surface area (Å²) in [5.74, 6) is 2.34. The zero-order valence-electron chi connectivity index (χ0n) is 15.2. The van der Waals surface area contributed by atoms with Crippen molar-refractivity contribution in [3.05, 3.63) is 65.9 Å². The highest BCUT2D eigenvalue weighted by molar-refractivity contribution is 5.83. The van der Waals surface area contributed by atoms with Crippen LogP contribution in [0.2, 0.25) is 0 Å². The van der Waals surface area contributed by atoms with Gasteiger partial charge in [0.1, 0.15) is 0 Å². The fourth-order valence-electron chi connectivity index (χ4n) is 3.04. The second-order valence-electron chi connectivity index (χ2n) is 6.23. The van der Waals surface area contributed by atoms with Crippen LogP contribution in [0.4, 0.5) is 0 Å². The Hall–Kier alpha value is -3.28. The zero-order valence-corrected chi connectivity index (χ0v) is 15.2. The molecule has 138 valence electrons. The van der Waals surface area contributed by atoms with Crippen LogP contribution in [0.3, 0.4) is 0 Å². The van der Waals surface area contributed by atoms with Crippen molar-refractivity contribution in [1.82, 2.24) is 15.6 Å². The van der Waals surface area contributed by atoms with Crippen molar-refractivity contribution in [2.75, 3.05) is 13.3 Å². The number of guanidine groups is 1. The summed E-state index contributed by atoms with van der Waals surface area (Å²) in [7, 11) is 0. The van der Waals surface area contributed by atoms with Gasteiger partial charge in [-0.1, -0.05) is 30.3 Å². The molecule has 0 saturated heterocycles. The number of pyridine rings is 1. The summed E-state index contributed by atoms with van der Waals surface area (Å²) in [6.45, 7) is 4.34. The van der Waals surface area contributed by atoms with Crippen LogP contribution in [0, 0.1) is 0 Å². The van der Waals surface area contributed by atoms with Crippen LogP contribution in [0.1, 0.15) is 18.1 Å². The van der Waals surface area contributed by atoms with Crippen LogP contribution in [0.15, 0.2) is 59.7 Å². The molecule has 2 aromatic carbocycles. The number of aromatic nitrogens is 1. The molecule has 3 aromatic rings. The van der Waals surface area contributed by atoms with Crippen molar-refractivity contribution in [1.29, 1.82) is 0 Å². The van der Waals surface area contributed by atoms with Crippen LogP contribution in [0.5, 0.6) is 11.5 Å². The molecule has 0 fully saturated rings. The van der Waals surface area contributed by atoms with Gasteiger partial charge in [0.15, 0.2) is 17.5 Å². The van der Waals surface area contributed by atoms with Crippen LogP contribution >= 0.6 is 0 Å². The van der Waals surface area contributed by atoms with E-state index in [1.807, 2.05) is 30.5 Å². The first-order valence-corrected chi connectivity index (χ1v) is 9.07. The van der Waals surface area contributed by atoms with E-state index >= 15 is 0 Å². The molecule has 4 rings (SSSR count). The number of nitrogens with zero attached hydrogens (tertiary/aromatic N) is 2. The van der Waals surface area contributed by atoms with E-state index in [2.05, 4.69) is 51.8 Å². The van der Waals surface area contributed by atoms with Crippen LogP contribution in [-0.2, 0) is 13.1 Å². The number of aliphatic imine (C=N–C) groups is 1. The lowest BCUT2D eigenvalue weighted by atomic mass is 10.1. The molecule has 1 aliphatic heterocycles. The predicted octanol–water partition coefficient (Wildman–Crippen LogP) is 3.22. The summed E-state index contributed by atoms with van der Waals surface area (Å²) in [5, 5.41) is 7.82.